The molecule has 0 bridgehead atoms. The van der Waals surface area contributed by atoms with Gasteiger partial charge in [0.05, 0.1) is 6.26 Å². The molecular formula is C7H9NO. The molecule has 2 atom stereocenters. The third-order valence-corrected chi connectivity index (χ3v) is 1.74. The predicted octanol–water partition coefficient (Wildman–Crippen LogP) is 0.632. The summed E-state index contributed by atoms with van der Waals surface area (Å²) >= 11 is 0. The summed E-state index contributed by atoms with van der Waals surface area (Å²) in [5, 5.41) is 3.14. The maximum atomic E-state index is 5.25. The summed E-state index contributed by atoms with van der Waals surface area (Å²) in [6.07, 6.45) is 8.20. The molecule has 1 N–H and O–H groups in total. The summed E-state index contributed by atoms with van der Waals surface area (Å²) in [6.45, 7) is 1.01. The first-order chi connectivity index (χ1) is 4.47. The van der Waals surface area contributed by atoms with Crippen molar-refractivity contribution in [1.29, 1.82) is 0 Å². The molecule has 2 heteroatoms. The molecular weight excluding hydrogens is 114 g/mol. The molecule has 2 rings (SSSR count). The molecule has 0 aliphatic carbocycles. The van der Waals surface area contributed by atoms with Crippen LogP contribution in [0.3, 0.4) is 0 Å². The Kier molecular flexibility index (Phi) is 0.979. The molecule has 9 heavy (non-hydrogen) atoms. The van der Waals surface area contributed by atoms with Crippen LogP contribution in [0.5, 0.6) is 0 Å². The van der Waals surface area contributed by atoms with Crippen molar-refractivity contribution in [1.82, 2.24) is 5.32 Å². The quantitative estimate of drug-likeness (QED) is 0.510. The summed E-state index contributed by atoms with van der Waals surface area (Å²) in [5.41, 5.74) is 0. The summed E-state index contributed by atoms with van der Waals surface area (Å²) in [6, 6.07) is 0. The van der Waals surface area contributed by atoms with Gasteiger partial charge >= 0.3 is 0 Å². The van der Waals surface area contributed by atoms with Crippen molar-refractivity contribution >= 4 is 0 Å². The molecule has 0 aromatic carbocycles. The van der Waals surface area contributed by atoms with E-state index in [-0.39, 0.29) is 0 Å². The van der Waals surface area contributed by atoms with Crippen LogP contribution in [0, 0.1) is 5.92 Å². The topological polar surface area (TPSA) is 21.3 Å². The highest BCUT2D eigenvalue weighted by Gasteiger charge is 2.23. The minimum atomic E-state index is 0.311. The standard InChI is InChI=1S/C7H9NO/c1-3-8-5-6-2-4-9-7(1)6/h1-4,6-8H,5H2. The lowest BCUT2D eigenvalue weighted by atomic mass is 10.0. The predicted molar refractivity (Wildman–Crippen MR) is 34.6 cm³/mol. The molecule has 0 saturated heterocycles. The van der Waals surface area contributed by atoms with Gasteiger partial charge in [-0.2, -0.15) is 0 Å². The smallest absolute Gasteiger partial charge is 0.126 e. The van der Waals surface area contributed by atoms with Crippen molar-refractivity contribution in [2.75, 3.05) is 6.54 Å². The maximum Gasteiger partial charge on any atom is 0.126 e. The molecule has 2 aliphatic rings. The van der Waals surface area contributed by atoms with Gasteiger partial charge in [0.15, 0.2) is 0 Å². The highest BCUT2D eigenvalue weighted by atomic mass is 16.5. The van der Waals surface area contributed by atoms with Crippen molar-refractivity contribution in [3.8, 4) is 0 Å². The molecule has 2 nitrogen and oxygen atoms in total. The highest BCUT2D eigenvalue weighted by molar-refractivity contribution is 5.08. The first-order valence-corrected chi connectivity index (χ1v) is 3.19. The average molecular weight is 123 g/mol. The fourth-order valence-corrected chi connectivity index (χ4v) is 1.19. The van der Waals surface area contributed by atoms with Crippen molar-refractivity contribution in [2.45, 2.75) is 6.10 Å². The summed E-state index contributed by atoms with van der Waals surface area (Å²) < 4.78 is 5.25. The SMILES string of the molecule is C1=CC2OC=CC2CN1. The molecule has 0 aromatic rings. The van der Waals surface area contributed by atoms with Gasteiger partial charge in [-0.3, -0.25) is 0 Å². The Hall–Kier alpha value is -0.920. The Balaban J connectivity index is 2.16. The molecule has 0 saturated carbocycles. The number of ether oxygens (including phenoxy) is 1. The molecule has 0 spiro atoms. The van der Waals surface area contributed by atoms with Gasteiger partial charge < -0.3 is 10.1 Å². The van der Waals surface area contributed by atoms with Crippen molar-refractivity contribution < 1.29 is 4.74 Å². The molecule has 0 aromatic heterocycles. The van der Waals surface area contributed by atoms with E-state index in [1.165, 1.54) is 0 Å². The summed E-state index contributed by atoms with van der Waals surface area (Å²) in [5.74, 6) is 0.565. The number of hydrogen-bond donors (Lipinski definition) is 1. The second-order valence-electron chi connectivity index (χ2n) is 2.36. The van der Waals surface area contributed by atoms with Gasteiger partial charge in [-0.05, 0) is 18.4 Å². The van der Waals surface area contributed by atoms with E-state index >= 15 is 0 Å². The van der Waals surface area contributed by atoms with Gasteiger partial charge in [0.1, 0.15) is 6.10 Å². The van der Waals surface area contributed by atoms with E-state index in [2.05, 4.69) is 11.4 Å². The fourth-order valence-electron chi connectivity index (χ4n) is 1.19. The molecule has 0 amide bonds. The maximum absolute atomic E-state index is 5.25. The van der Waals surface area contributed by atoms with Gasteiger partial charge in [-0.15, -0.1) is 0 Å². The third kappa shape index (κ3) is 0.707. The summed E-state index contributed by atoms with van der Waals surface area (Å²) in [4.78, 5) is 0. The van der Waals surface area contributed by atoms with Gasteiger partial charge in [-0.1, -0.05) is 0 Å². The van der Waals surface area contributed by atoms with E-state index in [4.69, 9.17) is 4.74 Å². The zero-order valence-electron chi connectivity index (χ0n) is 5.08. The Morgan fingerprint density at radius 3 is 3.33 bits per heavy atom. The Morgan fingerprint density at radius 1 is 1.44 bits per heavy atom. The second-order valence-corrected chi connectivity index (χ2v) is 2.36. The zero-order chi connectivity index (χ0) is 6.10. The lowest BCUT2D eigenvalue weighted by Gasteiger charge is -2.19. The van der Waals surface area contributed by atoms with E-state index < -0.39 is 0 Å². The third-order valence-electron chi connectivity index (χ3n) is 1.74. The highest BCUT2D eigenvalue weighted by Crippen LogP contribution is 2.19. The Labute approximate surface area is 54.2 Å². The number of hydrogen-bond acceptors (Lipinski definition) is 2. The first-order valence-electron chi connectivity index (χ1n) is 3.19. The Morgan fingerprint density at radius 2 is 2.44 bits per heavy atom. The van der Waals surface area contributed by atoms with Gasteiger partial charge in [0, 0.05) is 12.5 Å². The van der Waals surface area contributed by atoms with E-state index in [9.17, 15) is 0 Å². The van der Waals surface area contributed by atoms with Crippen LogP contribution in [-0.2, 0) is 4.74 Å². The molecule has 0 radical (unpaired) electrons. The van der Waals surface area contributed by atoms with E-state index in [1.54, 1.807) is 6.26 Å². The average Bonchev–Trinajstić information content (AvgIpc) is 2.33. The molecule has 0 fully saturated rings. The van der Waals surface area contributed by atoms with Crippen LogP contribution in [0.25, 0.3) is 0 Å². The van der Waals surface area contributed by atoms with E-state index in [0.717, 1.165) is 6.54 Å². The zero-order valence-corrected chi connectivity index (χ0v) is 5.08. The molecule has 48 valence electrons. The summed E-state index contributed by atoms with van der Waals surface area (Å²) in [7, 11) is 0. The van der Waals surface area contributed by atoms with Crippen LogP contribution in [0.4, 0.5) is 0 Å². The van der Waals surface area contributed by atoms with Gasteiger partial charge in [-0.25, -0.2) is 0 Å². The number of rotatable bonds is 0. The van der Waals surface area contributed by atoms with Crippen LogP contribution in [0.2, 0.25) is 0 Å². The van der Waals surface area contributed by atoms with E-state index in [0.29, 0.717) is 12.0 Å². The van der Waals surface area contributed by atoms with E-state index in [1.807, 2.05) is 12.3 Å². The lowest BCUT2D eigenvalue weighted by Crippen LogP contribution is -2.29. The van der Waals surface area contributed by atoms with Crippen LogP contribution in [-0.4, -0.2) is 12.6 Å². The number of fused-ring (bicyclic) bond motifs is 1. The van der Waals surface area contributed by atoms with Crippen molar-refractivity contribution in [3.63, 3.8) is 0 Å². The second kappa shape index (κ2) is 1.79. The first kappa shape index (κ1) is 4.91. The monoisotopic (exact) mass is 123 g/mol. The number of nitrogens with one attached hydrogen (secondary N) is 1. The van der Waals surface area contributed by atoms with Crippen LogP contribution >= 0.6 is 0 Å². The van der Waals surface area contributed by atoms with Crippen molar-refractivity contribution in [2.24, 2.45) is 5.92 Å². The van der Waals surface area contributed by atoms with Crippen LogP contribution in [0.1, 0.15) is 0 Å². The van der Waals surface area contributed by atoms with Gasteiger partial charge in [0.2, 0.25) is 0 Å². The molecule has 2 heterocycles. The fraction of sp³-hybridized carbons (Fsp3) is 0.429. The normalized spacial score (nSPS) is 37.3. The van der Waals surface area contributed by atoms with Gasteiger partial charge in [0.25, 0.3) is 0 Å². The Bertz CT molecular complexity index is 162. The van der Waals surface area contributed by atoms with Crippen LogP contribution in [0.15, 0.2) is 24.6 Å². The minimum Gasteiger partial charge on any atom is -0.494 e. The van der Waals surface area contributed by atoms with Crippen LogP contribution < -0.4 is 5.32 Å². The largest absolute Gasteiger partial charge is 0.494 e. The molecule has 2 aliphatic heterocycles. The molecule has 2 unspecified atom stereocenters. The minimum absolute atomic E-state index is 0.311. The van der Waals surface area contributed by atoms with Crippen molar-refractivity contribution in [3.05, 3.63) is 24.6 Å². The lowest BCUT2D eigenvalue weighted by molar-refractivity contribution is 0.173.